The second-order valence-corrected chi connectivity index (χ2v) is 6.77. The smallest absolute Gasteiger partial charge is 0.335 e. The predicted octanol–water partition coefficient (Wildman–Crippen LogP) is 5.90. The predicted molar refractivity (Wildman–Crippen MR) is 96.2 cm³/mol. The molecule has 2 aromatic carbocycles. The van der Waals surface area contributed by atoms with Crippen molar-refractivity contribution in [1.82, 2.24) is 0 Å². The maximum Gasteiger partial charge on any atom is 0.335 e. The molecule has 0 bridgehead atoms. The number of hydrogen-bond donors (Lipinski definition) is 1. The third kappa shape index (κ3) is 3.35. The number of thiophene rings is 1. The first-order chi connectivity index (χ1) is 11.0. The van der Waals surface area contributed by atoms with Gasteiger partial charge in [0.2, 0.25) is 0 Å². The SMILES string of the molecule is CC(C)c1ccc(-c2csc(-c3cccc(C(=O)O)c3)c2)cc1. The Labute approximate surface area is 140 Å². The molecular weight excluding hydrogens is 304 g/mol. The van der Waals surface area contributed by atoms with Crippen molar-refractivity contribution in [3.63, 3.8) is 0 Å². The minimum Gasteiger partial charge on any atom is -0.478 e. The molecule has 3 aromatic rings. The average molecular weight is 322 g/mol. The third-order valence-electron chi connectivity index (χ3n) is 3.90. The lowest BCUT2D eigenvalue weighted by Crippen LogP contribution is -1.95. The normalized spacial score (nSPS) is 10.9. The average Bonchev–Trinajstić information content (AvgIpc) is 3.05. The van der Waals surface area contributed by atoms with E-state index in [1.807, 2.05) is 6.07 Å². The Balaban J connectivity index is 1.91. The molecule has 0 radical (unpaired) electrons. The molecule has 0 aliphatic heterocycles. The number of benzene rings is 2. The van der Waals surface area contributed by atoms with Gasteiger partial charge >= 0.3 is 5.97 Å². The Morgan fingerprint density at radius 3 is 2.35 bits per heavy atom. The van der Waals surface area contributed by atoms with Crippen molar-refractivity contribution in [3.8, 4) is 21.6 Å². The van der Waals surface area contributed by atoms with E-state index < -0.39 is 5.97 Å². The van der Waals surface area contributed by atoms with Gasteiger partial charge in [-0.15, -0.1) is 11.3 Å². The molecule has 23 heavy (non-hydrogen) atoms. The summed E-state index contributed by atoms with van der Waals surface area (Å²) in [4.78, 5) is 12.2. The van der Waals surface area contributed by atoms with Crippen molar-refractivity contribution in [2.45, 2.75) is 19.8 Å². The topological polar surface area (TPSA) is 37.3 Å². The molecule has 0 saturated carbocycles. The number of carboxylic acid groups (broad SMARTS) is 1. The van der Waals surface area contributed by atoms with Crippen molar-refractivity contribution >= 4 is 17.3 Å². The van der Waals surface area contributed by atoms with Gasteiger partial charge in [0.1, 0.15) is 0 Å². The summed E-state index contributed by atoms with van der Waals surface area (Å²) in [6, 6.07) is 17.8. The van der Waals surface area contributed by atoms with Crippen LogP contribution in [0.15, 0.2) is 60.0 Å². The van der Waals surface area contributed by atoms with Gasteiger partial charge in [0.25, 0.3) is 0 Å². The fraction of sp³-hybridized carbons (Fsp3) is 0.150. The van der Waals surface area contributed by atoms with E-state index >= 15 is 0 Å². The lowest BCUT2D eigenvalue weighted by molar-refractivity contribution is 0.0697. The summed E-state index contributed by atoms with van der Waals surface area (Å²) in [5.41, 5.74) is 4.95. The zero-order chi connectivity index (χ0) is 16.4. The largest absolute Gasteiger partial charge is 0.478 e. The highest BCUT2D eigenvalue weighted by atomic mass is 32.1. The molecule has 3 heteroatoms. The van der Waals surface area contributed by atoms with Crippen LogP contribution in [-0.4, -0.2) is 11.1 Å². The van der Waals surface area contributed by atoms with E-state index in [0.717, 1.165) is 10.4 Å². The van der Waals surface area contributed by atoms with Gasteiger partial charge in [-0.05, 0) is 51.8 Å². The number of aromatic carboxylic acids is 1. The summed E-state index contributed by atoms with van der Waals surface area (Å²) in [6.45, 7) is 4.38. The van der Waals surface area contributed by atoms with Crippen LogP contribution in [0.1, 0.15) is 35.7 Å². The molecule has 1 aromatic heterocycles. The van der Waals surface area contributed by atoms with E-state index in [0.29, 0.717) is 11.5 Å². The van der Waals surface area contributed by atoms with Gasteiger partial charge in [0.05, 0.1) is 5.56 Å². The van der Waals surface area contributed by atoms with E-state index in [-0.39, 0.29) is 0 Å². The molecule has 2 nitrogen and oxygen atoms in total. The highest BCUT2D eigenvalue weighted by Gasteiger charge is 2.08. The first-order valence-electron chi connectivity index (χ1n) is 7.57. The minimum absolute atomic E-state index is 0.318. The van der Waals surface area contributed by atoms with E-state index in [9.17, 15) is 4.79 Å². The molecule has 116 valence electrons. The summed E-state index contributed by atoms with van der Waals surface area (Å²) in [5.74, 6) is -0.367. The van der Waals surface area contributed by atoms with E-state index in [1.165, 1.54) is 16.7 Å². The van der Waals surface area contributed by atoms with E-state index in [4.69, 9.17) is 5.11 Å². The molecule has 0 spiro atoms. The van der Waals surface area contributed by atoms with Crippen molar-refractivity contribution < 1.29 is 9.90 Å². The second-order valence-electron chi connectivity index (χ2n) is 5.86. The summed E-state index contributed by atoms with van der Waals surface area (Å²) >= 11 is 1.64. The molecule has 0 fully saturated rings. The van der Waals surface area contributed by atoms with Crippen LogP contribution >= 0.6 is 11.3 Å². The molecule has 0 aliphatic rings. The first kappa shape index (κ1) is 15.5. The molecule has 3 rings (SSSR count). The zero-order valence-electron chi connectivity index (χ0n) is 13.1. The molecule has 0 unspecified atom stereocenters. The van der Waals surface area contributed by atoms with Crippen LogP contribution < -0.4 is 0 Å². The molecule has 0 amide bonds. The van der Waals surface area contributed by atoms with Gasteiger partial charge in [-0.1, -0.05) is 50.2 Å². The van der Waals surface area contributed by atoms with Gasteiger partial charge in [0, 0.05) is 4.88 Å². The van der Waals surface area contributed by atoms with Gasteiger partial charge in [-0.3, -0.25) is 0 Å². The maximum atomic E-state index is 11.1. The quantitative estimate of drug-likeness (QED) is 0.649. The fourth-order valence-electron chi connectivity index (χ4n) is 2.50. The Hall–Kier alpha value is -2.39. The fourth-order valence-corrected chi connectivity index (χ4v) is 3.42. The summed E-state index contributed by atoms with van der Waals surface area (Å²) < 4.78 is 0. The van der Waals surface area contributed by atoms with Crippen LogP contribution in [0.3, 0.4) is 0 Å². The highest BCUT2D eigenvalue weighted by molar-refractivity contribution is 7.14. The second kappa shape index (κ2) is 6.39. The lowest BCUT2D eigenvalue weighted by atomic mass is 9.99. The Kier molecular flexibility index (Phi) is 4.30. The lowest BCUT2D eigenvalue weighted by Gasteiger charge is -2.05. The monoisotopic (exact) mass is 322 g/mol. The highest BCUT2D eigenvalue weighted by Crippen LogP contribution is 2.33. The van der Waals surface area contributed by atoms with Gasteiger partial charge < -0.3 is 5.11 Å². The number of hydrogen-bond acceptors (Lipinski definition) is 2. The summed E-state index contributed by atoms with van der Waals surface area (Å²) in [7, 11) is 0. The zero-order valence-corrected chi connectivity index (χ0v) is 13.9. The summed E-state index contributed by atoms with van der Waals surface area (Å²) in [6.07, 6.45) is 0. The van der Waals surface area contributed by atoms with Crippen molar-refractivity contribution in [1.29, 1.82) is 0 Å². The van der Waals surface area contributed by atoms with Gasteiger partial charge in [0.15, 0.2) is 0 Å². The Morgan fingerprint density at radius 1 is 0.957 bits per heavy atom. The minimum atomic E-state index is -0.895. The number of carbonyl (C=O) groups is 1. The molecule has 0 aliphatic carbocycles. The van der Waals surface area contributed by atoms with E-state index in [2.05, 4.69) is 49.6 Å². The number of carboxylic acids is 1. The van der Waals surface area contributed by atoms with Crippen LogP contribution in [-0.2, 0) is 0 Å². The van der Waals surface area contributed by atoms with Crippen molar-refractivity contribution in [3.05, 3.63) is 71.1 Å². The Morgan fingerprint density at radius 2 is 1.70 bits per heavy atom. The first-order valence-corrected chi connectivity index (χ1v) is 8.45. The van der Waals surface area contributed by atoms with Crippen LogP contribution in [0.4, 0.5) is 0 Å². The third-order valence-corrected chi connectivity index (χ3v) is 4.88. The maximum absolute atomic E-state index is 11.1. The van der Waals surface area contributed by atoms with Crippen LogP contribution in [0.25, 0.3) is 21.6 Å². The van der Waals surface area contributed by atoms with Gasteiger partial charge in [-0.25, -0.2) is 4.79 Å². The molecule has 0 atom stereocenters. The van der Waals surface area contributed by atoms with Crippen molar-refractivity contribution in [2.24, 2.45) is 0 Å². The standard InChI is InChI=1S/C20H18O2S/c1-13(2)14-6-8-15(9-7-14)18-11-19(23-12-18)16-4-3-5-17(10-16)20(21)22/h3-13H,1-2H3,(H,21,22). The molecular formula is C20H18O2S. The molecule has 1 heterocycles. The van der Waals surface area contributed by atoms with Crippen molar-refractivity contribution in [2.75, 3.05) is 0 Å². The number of rotatable bonds is 4. The molecule has 0 saturated heterocycles. The van der Waals surface area contributed by atoms with Crippen LogP contribution in [0.5, 0.6) is 0 Å². The van der Waals surface area contributed by atoms with Crippen LogP contribution in [0, 0.1) is 0 Å². The summed E-state index contributed by atoms with van der Waals surface area (Å²) in [5, 5.41) is 11.2. The van der Waals surface area contributed by atoms with Crippen LogP contribution in [0.2, 0.25) is 0 Å². The Bertz CT molecular complexity index is 829. The molecule has 1 N–H and O–H groups in total. The van der Waals surface area contributed by atoms with Gasteiger partial charge in [-0.2, -0.15) is 0 Å². The van der Waals surface area contributed by atoms with E-state index in [1.54, 1.807) is 29.5 Å².